The van der Waals surface area contributed by atoms with E-state index in [0.717, 1.165) is 18.4 Å². The molecule has 1 heteroatoms. The van der Waals surface area contributed by atoms with Crippen molar-refractivity contribution in [1.29, 1.82) is 5.41 Å². The average Bonchev–Trinajstić information content (AvgIpc) is 2.05. The minimum Gasteiger partial charge on any atom is -0.301 e. The zero-order valence-electron chi connectivity index (χ0n) is 7.48. The molecule has 0 spiro atoms. The molecule has 0 heterocycles. The molecule has 0 saturated carbocycles. The van der Waals surface area contributed by atoms with Crippen molar-refractivity contribution in [2.24, 2.45) is 0 Å². The average molecular weight is 151 g/mol. The first-order valence-corrected chi connectivity index (χ1v) is 4.12. The highest BCUT2D eigenvalue weighted by Crippen LogP contribution is 2.08. The molecule has 1 nitrogen and oxygen atoms in total. The van der Waals surface area contributed by atoms with E-state index in [1.807, 2.05) is 13.0 Å². The van der Waals surface area contributed by atoms with E-state index in [1.165, 1.54) is 6.42 Å². The standard InChI is InChI=1S/C10H17N/c1-4-7-8-9(5-2)10(11)6-3/h5-6,11H,3-4,7-8H2,1-2H3/b9-5+,11-10?. The molecule has 0 aliphatic rings. The third-order valence-electron chi connectivity index (χ3n) is 1.70. The highest BCUT2D eigenvalue weighted by molar-refractivity contribution is 6.05. The van der Waals surface area contributed by atoms with Gasteiger partial charge in [0.2, 0.25) is 0 Å². The van der Waals surface area contributed by atoms with Crippen LogP contribution in [0, 0.1) is 5.41 Å². The predicted octanol–water partition coefficient (Wildman–Crippen LogP) is 3.33. The van der Waals surface area contributed by atoms with Gasteiger partial charge in [-0.15, -0.1) is 0 Å². The lowest BCUT2D eigenvalue weighted by molar-refractivity contribution is 0.802. The van der Waals surface area contributed by atoms with Crippen LogP contribution in [-0.4, -0.2) is 5.71 Å². The molecule has 0 atom stereocenters. The van der Waals surface area contributed by atoms with Crippen LogP contribution in [0.25, 0.3) is 0 Å². The van der Waals surface area contributed by atoms with Gasteiger partial charge < -0.3 is 5.41 Å². The number of allylic oxidation sites excluding steroid dienone is 3. The molecular weight excluding hydrogens is 134 g/mol. The summed E-state index contributed by atoms with van der Waals surface area (Å²) in [5.74, 6) is 0. The SMILES string of the molecule is C=CC(=N)/C(=C/C)CCCC. The lowest BCUT2D eigenvalue weighted by Crippen LogP contribution is -1.96. The normalized spacial score (nSPS) is 11.3. The smallest absolute Gasteiger partial charge is 0.0562 e. The Morgan fingerprint density at radius 3 is 2.55 bits per heavy atom. The molecule has 62 valence electrons. The Morgan fingerprint density at radius 2 is 2.18 bits per heavy atom. The Morgan fingerprint density at radius 1 is 1.55 bits per heavy atom. The van der Waals surface area contributed by atoms with Gasteiger partial charge in [0.1, 0.15) is 0 Å². The van der Waals surface area contributed by atoms with Crippen LogP contribution in [0.5, 0.6) is 0 Å². The van der Waals surface area contributed by atoms with Gasteiger partial charge in [0, 0.05) is 0 Å². The summed E-state index contributed by atoms with van der Waals surface area (Å²) in [7, 11) is 0. The fraction of sp³-hybridized carbons (Fsp3) is 0.500. The van der Waals surface area contributed by atoms with Gasteiger partial charge in [-0.2, -0.15) is 0 Å². The Kier molecular flexibility index (Phi) is 5.44. The van der Waals surface area contributed by atoms with E-state index in [4.69, 9.17) is 5.41 Å². The van der Waals surface area contributed by atoms with Crippen molar-refractivity contribution in [1.82, 2.24) is 0 Å². The van der Waals surface area contributed by atoms with E-state index in [1.54, 1.807) is 6.08 Å². The van der Waals surface area contributed by atoms with Gasteiger partial charge in [0.25, 0.3) is 0 Å². The number of hydrogen-bond donors (Lipinski definition) is 1. The van der Waals surface area contributed by atoms with Crippen LogP contribution in [-0.2, 0) is 0 Å². The monoisotopic (exact) mass is 151 g/mol. The zero-order valence-corrected chi connectivity index (χ0v) is 7.48. The lowest BCUT2D eigenvalue weighted by Gasteiger charge is -2.02. The van der Waals surface area contributed by atoms with Gasteiger partial charge in [-0.25, -0.2) is 0 Å². The van der Waals surface area contributed by atoms with Gasteiger partial charge in [-0.05, 0) is 31.4 Å². The molecule has 11 heavy (non-hydrogen) atoms. The molecule has 0 unspecified atom stereocenters. The van der Waals surface area contributed by atoms with Gasteiger partial charge in [-0.1, -0.05) is 26.0 Å². The van der Waals surface area contributed by atoms with Crippen LogP contribution in [0.1, 0.15) is 33.1 Å². The number of hydrogen-bond acceptors (Lipinski definition) is 1. The second-order valence-corrected chi connectivity index (χ2v) is 2.54. The number of nitrogens with one attached hydrogen (secondary N) is 1. The highest BCUT2D eigenvalue weighted by atomic mass is 14.4. The molecule has 0 aromatic carbocycles. The van der Waals surface area contributed by atoms with Crippen molar-refractivity contribution in [3.63, 3.8) is 0 Å². The second-order valence-electron chi connectivity index (χ2n) is 2.54. The second kappa shape index (κ2) is 5.90. The summed E-state index contributed by atoms with van der Waals surface area (Å²) >= 11 is 0. The third kappa shape index (κ3) is 3.76. The first kappa shape index (κ1) is 10.2. The summed E-state index contributed by atoms with van der Waals surface area (Å²) in [4.78, 5) is 0. The molecule has 0 fully saturated rings. The molecule has 0 aliphatic carbocycles. The molecule has 0 aliphatic heterocycles. The Hall–Kier alpha value is -0.850. The van der Waals surface area contributed by atoms with Crippen molar-refractivity contribution < 1.29 is 0 Å². The van der Waals surface area contributed by atoms with Crippen molar-refractivity contribution in [2.45, 2.75) is 33.1 Å². The van der Waals surface area contributed by atoms with Crippen molar-refractivity contribution in [2.75, 3.05) is 0 Å². The maximum absolute atomic E-state index is 7.49. The first-order valence-electron chi connectivity index (χ1n) is 4.12. The summed E-state index contributed by atoms with van der Waals surface area (Å²) in [5, 5.41) is 7.49. The van der Waals surface area contributed by atoms with E-state index in [2.05, 4.69) is 13.5 Å². The summed E-state index contributed by atoms with van der Waals surface area (Å²) in [6.07, 6.45) is 6.96. The summed E-state index contributed by atoms with van der Waals surface area (Å²) in [6, 6.07) is 0. The Bertz CT molecular complexity index is 166. The molecule has 0 aromatic rings. The molecular formula is C10H17N. The van der Waals surface area contributed by atoms with E-state index in [0.29, 0.717) is 5.71 Å². The van der Waals surface area contributed by atoms with Crippen LogP contribution >= 0.6 is 0 Å². The predicted molar refractivity (Wildman–Crippen MR) is 51.2 cm³/mol. The largest absolute Gasteiger partial charge is 0.301 e. The van der Waals surface area contributed by atoms with E-state index in [9.17, 15) is 0 Å². The molecule has 0 aromatic heterocycles. The van der Waals surface area contributed by atoms with Gasteiger partial charge in [-0.3, -0.25) is 0 Å². The van der Waals surface area contributed by atoms with E-state index < -0.39 is 0 Å². The molecule has 1 N–H and O–H groups in total. The number of unbranched alkanes of at least 4 members (excludes halogenated alkanes) is 1. The van der Waals surface area contributed by atoms with Crippen LogP contribution in [0.4, 0.5) is 0 Å². The summed E-state index contributed by atoms with van der Waals surface area (Å²) < 4.78 is 0. The molecule has 0 saturated heterocycles. The molecule has 0 bridgehead atoms. The van der Waals surface area contributed by atoms with Crippen LogP contribution < -0.4 is 0 Å². The van der Waals surface area contributed by atoms with Crippen molar-refractivity contribution >= 4 is 5.71 Å². The van der Waals surface area contributed by atoms with Crippen molar-refractivity contribution in [3.05, 3.63) is 24.3 Å². The lowest BCUT2D eigenvalue weighted by atomic mass is 10.0. The van der Waals surface area contributed by atoms with Gasteiger partial charge in [0.05, 0.1) is 5.71 Å². The van der Waals surface area contributed by atoms with Gasteiger partial charge >= 0.3 is 0 Å². The minimum absolute atomic E-state index is 0.570. The van der Waals surface area contributed by atoms with Crippen LogP contribution in [0.2, 0.25) is 0 Å². The summed E-state index contributed by atoms with van der Waals surface area (Å²) in [5.41, 5.74) is 1.68. The maximum Gasteiger partial charge on any atom is 0.0562 e. The highest BCUT2D eigenvalue weighted by Gasteiger charge is 1.98. The zero-order chi connectivity index (χ0) is 8.69. The molecule has 0 radical (unpaired) electrons. The maximum atomic E-state index is 7.49. The van der Waals surface area contributed by atoms with Gasteiger partial charge in [0.15, 0.2) is 0 Å². The van der Waals surface area contributed by atoms with Crippen LogP contribution in [0.3, 0.4) is 0 Å². The Labute approximate surface area is 69.3 Å². The topological polar surface area (TPSA) is 23.9 Å². The number of rotatable bonds is 5. The van der Waals surface area contributed by atoms with Crippen molar-refractivity contribution in [3.8, 4) is 0 Å². The minimum atomic E-state index is 0.570. The van der Waals surface area contributed by atoms with Crippen LogP contribution in [0.15, 0.2) is 24.3 Å². The fourth-order valence-electron chi connectivity index (χ4n) is 0.933. The molecule has 0 amide bonds. The quantitative estimate of drug-likeness (QED) is 0.583. The molecule has 0 rings (SSSR count). The summed E-state index contributed by atoms with van der Waals surface area (Å²) in [6.45, 7) is 7.70. The van der Waals surface area contributed by atoms with E-state index in [-0.39, 0.29) is 0 Å². The third-order valence-corrected chi connectivity index (χ3v) is 1.70. The first-order chi connectivity index (χ1) is 5.26. The Balaban J connectivity index is 3.97. The fourth-order valence-corrected chi connectivity index (χ4v) is 0.933. The van der Waals surface area contributed by atoms with E-state index >= 15 is 0 Å².